The molecule has 2 N–H and O–H groups in total. The molecule has 4 amide bonds. The van der Waals surface area contributed by atoms with Crippen LogP contribution in [0.25, 0.3) is 10.9 Å². The standard InChI is InChI=1S/C28H26FN5O3/c1-33-26(37)32-25(36)28(33)11-17-9-16-5-6-19(30-21(16)10-18(17)12-28)14-34-15-27(7-8-29)13-23(35)31-20-3-2-4-22(34)24(20)27/h2-6,9-10H,7-8,11-15H2,1H3,(H,31,35)(H,32,36,37). The van der Waals surface area contributed by atoms with Crippen LogP contribution in [-0.2, 0) is 34.4 Å². The zero-order valence-corrected chi connectivity index (χ0v) is 20.4. The molecule has 2 unspecified atom stereocenters. The lowest BCUT2D eigenvalue weighted by atomic mass is 9.74. The number of pyridine rings is 1. The summed E-state index contributed by atoms with van der Waals surface area (Å²) in [6.45, 7) is 0.627. The zero-order chi connectivity index (χ0) is 25.5. The molecule has 1 aliphatic carbocycles. The Kier molecular flexibility index (Phi) is 4.50. The second kappa shape index (κ2) is 7.50. The van der Waals surface area contributed by atoms with Crippen molar-refractivity contribution in [2.75, 3.05) is 30.5 Å². The van der Waals surface area contributed by atoms with Gasteiger partial charge in [-0.1, -0.05) is 12.1 Å². The number of amides is 4. The molecular formula is C28H26FN5O3. The maximum Gasteiger partial charge on any atom is 0.324 e. The van der Waals surface area contributed by atoms with Crippen LogP contribution in [0.3, 0.4) is 0 Å². The van der Waals surface area contributed by atoms with Crippen LogP contribution in [0.15, 0.2) is 42.5 Å². The van der Waals surface area contributed by atoms with E-state index in [1.54, 1.807) is 7.05 Å². The Labute approximate surface area is 212 Å². The van der Waals surface area contributed by atoms with Gasteiger partial charge in [-0.2, -0.15) is 0 Å². The van der Waals surface area contributed by atoms with Gasteiger partial charge in [-0.25, -0.2) is 4.79 Å². The molecule has 9 heteroatoms. The average molecular weight is 500 g/mol. The fourth-order valence-corrected chi connectivity index (χ4v) is 6.91. The summed E-state index contributed by atoms with van der Waals surface area (Å²) in [4.78, 5) is 45.9. The number of rotatable bonds is 4. The molecule has 37 heavy (non-hydrogen) atoms. The number of alkyl halides is 1. The zero-order valence-electron chi connectivity index (χ0n) is 20.4. The molecule has 4 aliphatic rings. The van der Waals surface area contributed by atoms with Crippen molar-refractivity contribution in [3.63, 3.8) is 0 Å². The number of carbonyl (C=O) groups is 3. The van der Waals surface area contributed by atoms with Crippen LogP contribution < -0.4 is 15.5 Å². The van der Waals surface area contributed by atoms with Gasteiger partial charge < -0.3 is 15.1 Å². The number of hydrogen-bond donors (Lipinski definition) is 2. The molecule has 1 aromatic heterocycles. The monoisotopic (exact) mass is 499 g/mol. The molecule has 2 atom stereocenters. The fourth-order valence-electron chi connectivity index (χ4n) is 6.91. The van der Waals surface area contributed by atoms with E-state index in [-0.39, 0.29) is 24.3 Å². The highest BCUT2D eigenvalue weighted by atomic mass is 19.1. The maximum absolute atomic E-state index is 13.7. The Hall–Kier alpha value is -4.01. The highest BCUT2D eigenvalue weighted by Crippen LogP contribution is 2.51. The Morgan fingerprint density at radius 1 is 1.03 bits per heavy atom. The second-order valence-corrected chi connectivity index (χ2v) is 10.8. The van der Waals surface area contributed by atoms with Crippen molar-refractivity contribution in [3.05, 3.63) is 64.8 Å². The number of urea groups is 1. The molecule has 8 nitrogen and oxygen atoms in total. The van der Waals surface area contributed by atoms with E-state index in [9.17, 15) is 18.8 Å². The fraction of sp³-hybridized carbons (Fsp3) is 0.357. The van der Waals surface area contributed by atoms with Gasteiger partial charge in [-0.15, -0.1) is 0 Å². The number of nitrogens with zero attached hydrogens (tertiary/aromatic N) is 3. The van der Waals surface area contributed by atoms with Crippen molar-refractivity contribution in [1.82, 2.24) is 15.2 Å². The first kappa shape index (κ1) is 22.2. The minimum atomic E-state index is -0.867. The normalized spacial score (nSPS) is 25.6. The lowest BCUT2D eigenvalue weighted by Crippen LogP contribution is -2.48. The van der Waals surface area contributed by atoms with Crippen molar-refractivity contribution in [3.8, 4) is 0 Å². The summed E-state index contributed by atoms with van der Waals surface area (Å²) in [7, 11) is 1.67. The van der Waals surface area contributed by atoms with Crippen LogP contribution in [0, 0.1) is 0 Å². The molecule has 2 aromatic carbocycles. The highest BCUT2D eigenvalue weighted by molar-refractivity contribution is 6.08. The molecule has 7 rings (SSSR count). The number of fused-ring (bicyclic) bond motifs is 2. The molecule has 3 aromatic rings. The van der Waals surface area contributed by atoms with E-state index in [1.165, 1.54) is 4.90 Å². The first-order chi connectivity index (χ1) is 17.8. The lowest BCUT2D eigenvalue weighted by molar-refractivity contribution is -0.125. The molecule has 3 aliphatic heterocycles. The maximum atomic E-state index is 13.7. The quantitative estimate of drug-likeness (QED) is 0.538. The highest BCUT2D eigenvalue weighted by Gasteiger charge is 2.54. The molecular weight excluding hydrogens is 473 g/mol. The van der Waals surface area contributed by atoms with Crippen LogP contribution in [0.5, 0.6) is 0 Å². The van der Waals surface area contributed by atoms with Crippen molar-refractivity contribution < 1.29 is 18.8 Å². The smallest absolute Gasteiger partial charge is 0.324 e. The van der Waals surface area contributed by atoms with Crippen LogP contribution in [0.2, 0.25) is 0 Å². The summed E-state index contributed by atoms with van der Waals surface area (Å²) < 4.78 is 13.7. The summed E-state index contributed by atoms with van der Waals surface area (Å²) in [6, 6.07) is 13.6. The predicted octanol–water partition coefficient (Wildman–Crippen LogP) is 3.21. The average Bonchev–Trinajstić information content (AvgIpc) is 3.45. The van der Waals surface area contributed by atoms with Crippen LogP contribution in [0.1, 0.15) is 35.2 Å². The van der Waals surface area contributed by atoms with Gasteiger partial charge in [0.1, 0.15) is 5.54 Å². The summed E-state index contributed by atoms with van der Waals surface area (Å²) in [5, 5.41) is 6.38. The number of aromatic nitrogens is 1. The Balaban J connectivity index is 1.21. The van der Waals surface area contributed by atoms with Crippen LogP contribution in [0.4, 0.5) is 20.6 Å². The number of halogens is 1. The number of anilines is 2. The van der Waals surface area contributed by atoms with E-state index in [2.05, 4.69) is 21.6 Å². The number of nitrogens with one attached hydrogen (secondary N) is 2. The van der Waals surface area contributed by atoms with Crippen LogP contribution in [-0.4, -0.2) is 53.5 Å². The summed E-state index contributed by atoms with van der Waals surface area (Å²) >= 11 is 0. The Bertz CT molecular complexity index is 1540. The van der Waals surface area contributed by atoms with Gasteiger partial charge >= 0.3 is 6.03 Å². The first-order valence-corrected chi connectivity index (χ1v) is 12.6. The number of likely N-dealkylation sites (N-methyl/N-ethyl adjacent to an activating group) is 1. The van der Waals surface area contributed by atoms with E-state index < -0.39 is 17.6 Å². The van der Waals surface area contributed by atoms with Gasteiger partial charge in [-0.05, 0) is 47.9 Å². The topological polar surface area (TPSA) is 94.6 Å². The third-order valence-electron chi connectivity index (χ3n) is 8.73. The van der Waals surface area contributed by atoms with Gasteiger partial charge in [0.2, 0.25) is 5.91 Å². The van der Waals surface area contributed by atoms with Gasteiger partial charge in [0.05, 0.1) is 24.4 Å². The van der Waals surface area contributed by atoms with E-state index in [0.29, 0.717) is 32.4 Å². The van der Waals surface area contributed by atoms with Crippen LogP contribution >= 0.6 is 0 Å². The molecule has 1 spiro atoms. The molecule has 0 radical (unpaired) electrons. The third-order valence-corrected chi connectivity index (χ3v) is 8.73. The minimum Gasteiger partial charge on any atom is -0.364 e. The lowest BCUT2D eigenvalue weighted by Gasteiger charge is -2.34. The molecule has 4 heterocycles. The van der Waals surface area contributed by atoms with Crippen molar-refractivity contribution in [2.45, 2.75) is 43.2 Å². The molecule has 188 valence electrons. The number of hydrogen-bond acceptors (Lipinski definition) is 5. The molecule has 1 fully saturated rings. The number of benzene rings is 2. The van der Waals surface area contributed by atoms with Gasteiger partial charge in [0.15, 0.2) is 0 Å². The van der Waals surface area contributed by atoms with Gasteiger partial charge in [-0.3, -0.25) is 24.3 Å². The van der Waals surface area contributed by atoms with Gasteiger partial charge in [0, 0.05) is 60.6 Å². The van der Waals surface area contributed by atoms with Crippen molar-refractivity contribution in [1.29, 1.82) is 0 Å². The van der Waals surface area contributed by atoms with Gasteiger partial charge in [0.25, 0.3) is 5.91 Å². The third kappa shape index (κ3) is 3.06. The summed E-state index contributed by atoms with van der Waals surface area (Å²) in [5.41, 5.74) is 5.23. The molecule has 0 saturated carbocycles. The van der Waals surface area contributed by atoms with Crippen molar-refractivity contribution in [2.24, 2.45) is 0 Å². The predicted molar refractivity (Wildman–Crippen MR) is 136 cm³/mol. The van der Waals surface area contributed by atoms with Crippen molar-refractivity contribution >= 4 is 40.1 Å². The Morgan fingerprint density at radius 3 is 2.59 bits per heavy atom. The van der Waals surface area contributed by atoms with E-state index in [0.717, 1.165) is 44.7 Å². The molecule has 1 saturated heterocycles. The Morgan fingerprint density at radius 2 is 1.84 bits per heavy atom. The number of carbonyl (C=O) groups excluding carboxylic acids is 3. The second-order valence-electron chi connectivity index (χ2n) is 10.8. The van der Waals surface area contributed by atoms with E-state index in [4.69, 9.17) is 4.98 Å². The largest absolute Gasteiger partial charge is 0.364 e. The SMILES string of the molecule is CN1C(=O)NC(=O)C12Cc1cc3ccc(CN4CC5(CCF)CC(=O)Nc6cccc4c65)nc3cc1C2. The van der Waals surface area contributed by atoms with E-state index in [1.807, 2.05) is 36.4 Å². The van der Waals surface area contributed by atoms with E-state index >= 15 is 0 Å². The summed E-state index contributed by atoms with van der Waals surface area (Å²) in [5.74, 6) is -0.318. The minimum absolute atomic E-state index is 0.0707. The number of imide groups is 1. The summed E-state index contributed by atoms with van der Waals surface area (Å²) in [6.07, 6.45) is 1.54. The first-order valence-electron chi connectivity index (χ1n) is 12.6. The molecule has 0 bridgehead atoms.